The van der Waals surface area contributed by atoms with Crippen molar-refractivity contribution in [2.75, 3.05) is 13.1 Å². The summed E-state index contributed by atoms with van der Waals surface area (Å²) < 4.78 is 20.5. The number of benzene rings is 1. The van der Waals surface area contributed by atoms with Crippen LogP contribution >= 0.6 is 0 Å². The van der Waals surface area contributed by atoms with Gasteiger partial charge in [0.25, 0.3) is 5.91 Å². The van der Waals surface area contributed by atoms with Gasteiger partial charge in [-0.2, -0.15) is 5.10 Å². The van der Waals surface area contributed by atoms with Gasteiger partial charge in [0.15, 0.2) is 5.76 Å². The molecule has 1 fully saturated rings. The molecule has 0 unspecified atom stereocenters. The molecular formula is C21H21FN4O3. The van der Waals surface area contributed by atoms with Crippen molar-refractivity contribution in [3.63, 3.8) is 0 Å². The molecule has 1 saturated heterocycles. The van der Waals surface area contributed by atoms with E-state index in [9.17, 15) is 14.0 Å². The number of piperidine rings is 1. The quantitative estimate of drug-likeness (QED) is 0.734. The Morgan fingerprint density at radius 2 is 1.83 bits per heavy atom. The van der Waals surface area contributed by atoms with Gasteiger partial charge in [-0.1, -0.05) is 0 Å². The molecule has 0 atom stereocenters. The number of carbonyl (C=O) groups is 2. The van der Waals surface area contributed by atoms with Gasteiger partial charge in [0.1, 0.15) is 23.0 Å². The first-order valence-corrected chi connectivity index (χ1v) is 9.44. The summed E-state index contributed by atoms with van der Waals surface area (Å²) in [4.78, 5) is 26.3. The molecule has 29 heavy (non-hydrogen) atoms. The molecule has 150 valence electrons. The van der Waals surface area contributed by atoms with Crippen LogP contribution in [0.3, 0.4) is 0 Å². The highest BCUT2D eigenvalue weighted by atomic mass is 19.1. The van der Waals surface area contributed by atoms with Crippen molar-refractivity contribution in [1.82, 2.24) is 14.7 Å². The van der Waals surface area contributed by atoms with Gasteiger partial charge in [-0.3, -0.25) is 9.59 Å². The maximum Gasteiger partial charge on any atom is 0.272 e. The first-order valence-electron chi connectivity index (χ1n) is 9.44. The second kappa shape index (κ2) is 7.54. The van der Waals surface area contributed by atoms with Gasteiger partial charge in [-0.25, -0.2) is 9.07 Å². The molecule has 1 aromatic carbocycles. The molecule has 2 aromatic heterocycles. The van der Waals surface area contributed by atoms with Crippen molar-refractivity contribution in [3.8, 4) is 17.1 Å². The van der Waals surface area contributed by atoms with E-state index in [1.54, 1.807) is 29.2 Å². The Morgan fingerprint density at radius 1 is 1.14 bits per heavy atom. The van der Waals surface area contributed by atoms with Crippen molar-refractivity contribution >= 4 is 11.8 Å². The highest BCUT2D eigenvalue weighted by Crippen LogP contribution is 2.26. The first-order chi connectivity index (χ1) is 13.9. The fourth-order valence-electron chi connectivity index (χ4n) is 3.53. The second-order valence-corrected chi connectivity index (χ2v) is 7.18. The van der Waals surface area contributed by atoms with Crippen LogP contribution in [0.2, 0.25) is 0 Å². The van der Waals surface area contributed by atoms with Crippen LogP contribution in [-0.4, -0.2) is 39.6 Å². The lowest BCUT2D eigenvalue weighted by atomic mass is 9.96. The molecule has 4 rings (SSSR count). The highest BCUT2D eigenvalue weighted by Gasteiger charge is 2.29. The predicted molar refractivity (Wildman–Crippen MR) is 104 cm³/mol. The molecule has 3 aromatic rings. The Morgan fingerprint density at radius 3 is 2.41 bits per heavy atom. The van der Waals surface area contributed by atoms with Crippen molar-refractivity contribution in [3.05, 3.63) is 59.7 Å². The average molecular weight is 396 g/mol. The molecule has 0 radical (unpaired) electrons. The van der Waals surface area contributed by atoms with Crippen LogP contribution in [0.5, 0.6) is 0 Å². The number of hydrogen-bond acceptors (Lipinski definition) is 4. The minimum absolute atomic E-state index is 0.206. The van der Waals surface area contributed by atoms with Crippen LogP contribution in [-0.2, 0) is 4.79 Å². The lowest BCUT2D eigenvalue weighted by Crippen LogP contribution is -2.42. The Kier molecular flexibility index (Phi) is 4.92. The average Bonchev–Trinajstić information content (AvgIpc) is 3.34. The fourth-order valence-corrected chi connectivity index (χ4v) is 3.53. The normalized spacial score (nSPS) is 14.9. The minimum atomic E-state index is -0.371. The topological polar surface area (TPSA) is 94.4 Å². The summed E-state index contributed by atoms with van der Waals surface area (Å²) in [6.45, 7) is 2.71. The Labute approximate surface area is 166 Å². The lowest BCUT2D eigenvalue weighted by Gasteiger charge is -2.30. The van der Waals surface area contributed by atoms with Crippen LogP contribution in [0.25, 0.3) is 17.1 Å². The summed E-state index contributed by atoms with van der Waals surface area (Å²) in [6, 6.07) is 11.1. The molecule has 8 heteroatoms. The third kappa shape index (κ3) is 3.78. The van der Waals surface area contributed by atoms with Crippen LogP contribution in [0, 0.1) is 18.7 Å². The largest absolute Gasteiger partial charge is 0.460 e. The van der Waals surface area contributed by atoms with E-state index < -0.39 is 0 Å². The zero-order chi connectivity index (χ0) is 20.5. The van der Waals surface area contributed by atoms with Gasteiger partial charge in [0.05, 0.1) is 5.69 Å². The van der Waals surface area contributed by atoms with E-state index in [-0.39, 0.29) is 23.5 Å². The number of halogens is 1. The Bertz CT molecular complexity index is 1050. The predicted octanol–water partition coefficient (Wildman–Crippen LogP) is 2.92. The van der Waals surface area contributed by atoms with Gasteiger partial charge in [-0.15, -0.1) is 0 Å². The number of aromatic nitrogens is 2. The number of primary amides is 1. The summed E-state index contributed by atoms with van der Waals surface area (Å²) in [7, 11) is 0. The number of carbonyl (C=O) groups excluding carboxylic acids is 2. The lowest BCUT2D eigenvalue weighted by molar-refractivity contribution is -0.123. The summed E-state index contributed by atoms with van der Waals surface area (Å²) in [5.41, 5.74) is 6.81. The van der Waals surface area contributed by atoms with E-state index in [4.69, 9.17) is 10.2 Å². The molecule has 2 N–H and O–H groups in total. The first kappa shape index (κ1) is 18.9. The SMILES string of the molecule is Cc1ccc(-c2cc(C(=O)N3CCC(C(N)=O)CC3)n(-c3ccc(F)cc3)n2)o1. The molecule has 0 spiro atoms. The number of likely N-dealkylation sites (tertiary alicyclic amines) is 1. The summed E-state index contributed by atoms with van der Waals surface area (Å²) in [6.07, 6.45) is 1.08. The number of nitrogens with two attached hydrogens (primary N) is 1. The van der Waals surface area contributed by atoms with Crippen molar-refractivity contribution in [1.29, 1.82) is 0 Å². The maximum absolute atomic E-state index is 13.4. The van der Waals surface area contributed by atoms with Crippen LogP contribution in [0.1, 0.15) is 29.1 Å². The van der Waals surface area contributed by atoms with Gasteiger partial charge in [0.2, 0.25) is 5.91 Å². The standard InChI is InChI=1S/C21H21FN4O3/c1-13-2-7-19(29-13)17-12-18(26(24-17)16-5-3-15(22)4-6-16)21(28)25-10-8-14(9-11-25)20(23)27/h2-7,12,14H,8-11H2,1H3,(H2,23,27). The van der Waals surface area contributed by atoms with E-state index in [0.29, 0.717) is 48.8 Å². The van der Waals surface area contributed by atoms with E-state index in [1.165, 1.54) is 16.8 Å². The van der Waals surface area contributed by atoms with Gasteiger partial charge in [-0.05, 0) is 56.2 Å². The van der Waals surface area contributed by atoms with Gasteiger partial charge in [0, 0.05) is 25.1 Å². The van der Waals surface area contributed by atoms with E-state index in [2.05, 4.69) is 5.10 Å². The Hall–Kier alpha value is -3.42. The summed E-state index contributed by atoms with van der Waals surface area (Å²) in [5.74, 6) is 0.165. The third-order valence-electron chi connectivity index (χ3n) is 5.18. The number of nitrogens with zero attached hydrogens (tertiary/aromatic N) is 3. The number of aryl methyl sites for hydroxylation is 1. The fraction of sp³-hybridized carbons (Fsp3) is 0.286. The second-order valence-electron chi connectivity index (χ2n) is 7.18. The van der Waals surface area contributed by atoms with Crippen LogP contribution in [0.4, 0.5) is 4.39 Å². The molecule has 2 amide bonds. The van der Waals surface area contributed by atoms with Crippen molar-refractivity contribution in [2.24, 2.45) is 11.7 Å². The summed E-state index contributed by atoms with van der Waals surface area (Å²) in [5, 5.41) is 4.53. The Balaban J connectivity index is 1.69. The van der Waals surface area contributed by atoms with Crippen LogP contribution < -0.4 is 5.73 Å². The molecular weight excluding hydrogens is 375 g/mol. The van der Waals surface area contributed by atoms with E-state index in [0.717, 1.165) is 5.76 Å². The van der Waals surface area contributed by atoms with Crippen molar-refractivity contribution in [2.45, 2.75) is 19.8 Å². The maximum atomic E-state index is 13.4. The number of amides is 2. The third-order valence-corrected chi connectivity index (χ3v) is 5.18. The molecule has 1 aliphatic heterocycles. The number of furan rings is 1. The van der Waals surface area contributed by atoms with Gasteiger partial charge < -0.3 is 15.1 Å². The monoisotopic (exact) mass is 396 g/mol. The van der Waals surface area contributed by atoms with Crippen molar-refractivity contribution < 1.29 is 18.4 Å². The number of rotatable bonds is 4. The number of hydrogen-bond donors (Lipinski definition) is 1. The smallest absolute Gasteiger partial charge is 0.272 e. The van der Waals surface area contributed by atoms with E-state index in [1.807, 2.05) is 13.0 Å². The molecule has 1 aliphatic rings. The molecule has 3 heterocycles. The molecule has 7 nitrogen and oxygen atoms in total. The zero-order valence-electron chi connectivity index (χ0n) is 16.0. The molecule has 0 aliphatic carbocycles. The minimum Gasteiger partial charge on any atom is -0.460 e. The van der Waals surface area contributed by atoms with Crippen LogP contribution in [0.15, 0.2) is 46.9 Å². The molecule has 0 bridgehead atoms. The molecule has 0 saturated carbocycles. The highest BCUT2D eigenvalue weighted by molar-refractivity contribution is 5.94. The summed E-state index contributed by atoms with van der Waals surface area (Å²) >= 11 is 0. The van der Waals surface area contributed by atoms with E-state index >= 15 is 0 Å². The van der Waals surface area contributed by atoms with Gasteiger partial charge >= 0.3 is 0 Å². The zero-order valence-corrected chi connectivity index (χ0v) is 16.0.